The first-order chi connectivity index (χ1) is 9.06. The first-order valence-electron chi connectivity index (χ1n) is 5.44. The van der Waals surface area contributed by atoms with Gasteiger partial charge in [-0.2, -0.15) is 0 Å². The molecule has 0 spiro atoms. The van der Waals surface area contributed by atoms with Crippen LogP contribution in [0.4, 0.5) is 14.5 Å². The summed E-state index contributed by atoms with van der Waals surface area (Å²) < 4.78 is 26.3. The number of carboxylic acid groups (broad SMARTS) is 1. The van der Waals surface area contributed by atoms with Gasteiger partial charge in [-0.3, -0.25) is 0 Å². The monoisotopic (exact) mass is 264 g/mol. The zero-order valence-corrected chi connectivity index (χ0v) is 9.73. The fourth-order valence-corrected chi connectivity index (χ4v) is 1.52. The van der Waals surface area contributed by atoms with Crippen LogP contribution < -0.4 is 5.32 Å². The molecule has 19 heavy (non-hydrogen) atoms. The predicted molar refractivity (Wildman–Crippen MR) is 64.9 cm³/mol. The standard InChI is InChI=1S/C13H10F2N2O2/c14-8-4-5-10(15)12(6-8)16-7-9-2-1-3-11(17-9)13(18)19/h1-6,16H,7H2,(H,18,19). The highest BCUT2D eigenvalue weighted by Crippen LogP contribution is 2.16. The smallest absolute Gasteiger partial charge is 0.354 e. The number of halogens is 2. The van der Waals surface area contributed by atoms with Crippen molar-refractivity contribution < 1.29 is 18.7 Å². The van der Waals surface area contributed by atoms with Crippen LogP contribution in [0.1, 0.15) is 16.2 Å². The molecule has 2 aromatic rings. The molecular formula is C13H10F2N2O2. The van der Waals surface area contributed by atoms with Crippen LogP contribution in [0.2, 0.25) is 0 Å². The molecule has 0 radical (unpaired) electrons. The molecule has 6 heteroatoms. The summed E-state index contributed by atoms with van der Waals surface area (Å²) in [6, 6.07) is 7.54. The van der Waals surface area contributed by atoms with Crippen LogP contribution in [-0.2, 0) is 6.54 Å². The summed E-state index contributed by atoms with van der Waals surface area (Å²) in [7, 11) is 0. The average molecular weight is 264 g/mol. The van der Waals surface area contributed by atoms with Crippen LogP contribution in [0.3, 0.4) is 0 Å². The minimum atomic E-state index is -1.14. The fourth-order valence-electron chi connectivity index (χ4n) is 1.52. The number of pyridine rings is 1. The molecule has 0 atom stereocenters. The Kier molecular flexibility index (Phi) is 3.70. The Bertz CT molecular complexity index is 617. The first-order valence-corrected chi connectivity index (χ1v) is 5.44. The fraction of sp³-hybridized carbons (Fsp3) is 0.0769. The van der Waals surface area contributed by atoms with Crippen LogP contribution in [-0.4, -0.2) is 16.1 Å². The number of benzene rings is 1. The van der Waals surface area contributed by atoms with Gasteiger partial charge in [-0.05, 0) is 30.3 Å². The van der Waals surface area contributed by atoms with Gasteiger partial charge in [0, 0.05) is 0 Å². The van der Waals surface area contributed by atoms with Crippen molar-refractivity contribution in [2.45, 2.75) is 6.54 Å². The van der Waals surface area contributed by atoms with E-state index in [1.165, 1.54) is 12.1 Å². The van der Waals surface area contributed by atoms with Gasteiger partial charge in [0.25, 0.3) is 0 Å². The summed E-state index contributed by atoms with van der Waals surface area (Å²) in [5.74, 6) is -2.29. The van der Waals surface area contributed by atoms with Crippen molar-refractivity contribution in [3.8, 4) is 0 Å². The number of carboxylic acids is 1. The SMILES string of the molecule is O=C(O)c1cccc(CNc2cc(F)ccc2F)n1. The highest BCUT2D eigenvalue weighted by molar-refractivity contribution is 5.85. The lowest BCUT2D eigenvalue weighted by atomic mass is 10.2. The highest BCUT2D eigenvalue weighted by Gasteiger charge is 2.07. The molecule has 0 aliphatic heterocycles. The molecular weight excluding hydrogens is 254 g/mol. The van der Waals surface area contributed by atoms with Crippen molar-refractivity contribution in [2.24, 2.45) is 0 Å². The number of nitrogens with zero attached hydrogens (tertiary/aromatic N) is 1. The van der Waals surface area contributed by atoms with Crippen molar-refractivity contribution in [1.82, 2.24) is 4.98 Å². The third-order valence-electron chi connectivity index (χ3n) is 2.41. The van der Waals surface area contributed by atoms with Crippen LogP contribution >= 0.6 is 0 Å². The minimum Gasteiger partial charge on any atom is -0.477 e. The molecule has 2 N–H and O–H groups in total. The molecule has 1 aromatic heterocycles. The van der Waals surface area contributed by atoms with Crippen LogP contribution in [0.15, 0.2) is 36.4 Å². The normalized spacial score (nSPS) is 10.2. The average Bonchev–Trinajstić information content (AvgIpc) is 2.40. The van der Waals surface area contributed by atoms with Gasteiger partial charge < -0.3 is 10.4 Å². The molecule has 1 heterocycles. The van der Waals surface area contributed by atoms with E-state index in [4.69, 9.17) is 5.11 Å². The molecule has 0 saturated heterocycles. The van der Waals surface area contributed by atoms with E-state index in [9.17, 15) is 13.6 Å². The summed E-state index contributed by atoms with van der Waals surface area (Å²) in [5.41, 5.74) is 0.324. The molecule has 98 valence electrons. The Morgan fingerprint density at radius 3 is 2.79 bits per heavy atom. The lowest BCUT2D eigenvalue weighted by Gasteiger charge is -2.07. The second-order valence-electron chi connectivity index (χ2n) is 3.80. The van der Waals surface area contributed by atoms with Gasteiger partial charge in [0.15, 0.2) is 0 Å². The van der Waals surface area contributed by atoms with E-state index in [2.05, 4.69) is 10.3 Å². The van der Waals surface area contributed by atoms with Gasteiger partial charge in [0.1, 0.15) is 17.3 Å². The van der Waals surface area contributed by atoms with Gasteiger partial charge in [-0.1, -0.05) is 6.07 Å². The molecule has 0 bridgehead atoms. The predicted octanol–water partition coefficient (Wildman–Crippen LogP) is 2.67. The second kappa shape index (κ2) is 5.43. The maximum atomic E-state index is 13.3. The van der Waals surface area contributed by atoms with E-state index in [0.29, 0.717) is 5.69 Å². The van der Waals surface area contributed by atoms with Gasteiger partial charge in [-0.25, -0.2) is 18.6 Å². The van der Waals surface area contributed by atoms with Crippen molar-refractivity contribution >= 4 is 11.7 Å². The van der Waals surface area contributed by atoms with Crippen molar-refractivity contribution in [3.63, 3.8) is 0 Å². The summed E-state index contributed by atoms with van der Waals surface area (Å²) >= 11 is 0. The number of aromatic carboxylic acids is 1. The molecule has 0 fully saturated rings. The third kappa shape index (κ3) is 3.25. The van der Waals surface area contributed by atoms with E-state index in [-0.39, 0.29) is 17.9 Å². The number of anilines is 1. The Morgan fingerprint density at radius 2 is 2.05 bits per heavy atom. The highest BCUT2D eigenvalue weighted by atomic mass is 19.1. The Balaban J connectivity index is 2.12. The van der Waals surface area contributed by atoms with Gasteiger partial charge in [0.2, 0.25) is 0 Å². The number of aromatic nitrogens is 1. The topological polar surface area (TPSA) is 62.2 Å². The Morgan fingerprint density at radius 1 is 1.26 bits per heavy atom. The van der Waals surface area contributed by atoms with E-state index < -0.39 is 17.6 Å². The molecule has 0 amide bonds. The largest absolute Gasteiger partial charge is 0.477 e. The minimum absolute atomic E-state index is 0.00234. The summed E-state index contributed by atoms with van der Waals surface area (Å²) in [4.78, 5) is 14.6. The molecule has 0 unspecified atom stereocenters. The van der Waals surface area contributed by atoms with Gasteiger partial charge >= 0.3 is 5.97 Å². The van der Waals surface area contributed by atoms with E-state index >= 15 is 0 Å². The molecule has 2 rings (SSSR count). The Hall–Kier alpha value is -2.50. The first kappa shape index (κ1) is 12.9. The summed E-state index contributed by atoms with van der Waals surface area (Å²) in [5, 5.41) is 11.4. The number of rotatable bonds is 4. The van der Waals surface area contributed by atoms with Crippen molar-refractivity contribution in [1.29, 1.82) is 0 Å². The number of carbonyl (C=O) groups is 1. The van der Waals surface area contributed by atoms with Gasteiger partial charge in [-0.15, -0.1) is 0 Å². The lowest BCUT2D eigenvalue weighted by molar-refractivity contribution is 0.0690. The van der Waals surface area contributed by atoms with E-state index in [1.54, 1.807) is 6.07 Å². The molecule has 1 aromatic carbocycles. The number of hydrogen-bond donors (Lipinski definition) is 2. The maximum Gasteiger partial charge on any atom is 0.354 e. The van der Waals surface area contributed by atoms with E-state index in [1.807, 2.05) is 0 Å². The van der Waals surface area contributed by atoms with Gasteiger partial charge in [0.05, 0.1) is 17.9 Å². The zero-order valence-electron chi connectivity index (χ0n) is 9.73. The van der Waals surface area contributed by atoms with Crippen molar-refractivity contribution in [3.05, 3.63) is 59.4 Å². The maximum absolute atomic E-state index is 13.3. The third-order valence-corrected chi connectivity index (χ3v) is 2.41. The van der Waals surface area contributed by atoms with Crippen LogP contribution in [0.5, 0.6) is 0 Å². The Labute approximate surface area is 107 Å². The summed E-state index contributed by atoms with van der Waals surface area (Å²) in [6.07, 6.45) is 0. The van der Waals surface area contributed by atoms with Crippen LogP contribution in [0, 0.1) is 11.6 Å². The van der Waals surface area contributed by atoms with Crippen molar-refractivity contribution in [2.75, 3.05) is 5.32 Å². The molecule has 0 aliphatic carbocycles. The quantitative estimate of drug-likeness (QED) is 0.891. The molecule has 0 aliphatic rings. The van der Waals surface area contributed by atoms with E-state index in [0.717, 1.165) is 18.2 Å². The van der Waals surface area contributed by atoms with Crippen LogP contribution in [0.25, 0.3) is 0 Å². The lowest BCUT2D eigenvalue weighted by Crippen LogP contribution is -2.07. The molecule has 0 saturated carbocycles. The summed E-state index contributed by atoms with van der Waals surface area (Å²) in [6.45, 7) is 0.0987. The second-order valence-corrected chi connectivity index (χ2v) is 3.80. The number of hydrogen-bond acceptors (Lipinski definition) is 3. The molecule has 4 nitrogen and oxygen atoms in total. The zero-order chi connectivity index (χ0) is 13.8. The number of nitrogens with one attached hydrogen (secondary N) is 1.